The Morgan fingerprint density at radius 1 is 0.970 bits per heavy atom. The van der Waals surface area contributed by atoms with Crippen LogP contribution >= 0.6 is 0 Å². The van der Waals surface area contributed by atoms with Crippen molar-refractivity contribution in [2.75, 3.05) is 13.7 Å². The summed E-state index contributed by atoms with van der Waals surface area (Å²) in [7, 11) is 1.32. The van der Waals surface area contributed by atoms with E-state index in [1.54, 1.807) is 12.1 Å². The van der Waals surface area contributed by atoms with Crippen molar-refractivity contribution < 1.29 is 27.1 Å². The Morgan fingerprint density at radius 3 is 2.42 bits per heavy atom. The second kappa shape index (κ2) is 9.24. The first-order valence-corrected chi connectivity index (χ1v) is 10.0. The van der Waals surface area contributed by atoms with Crippen molar-refractivity contribution >= 4 is 17.0 Å². The molecule has 33 heavy (non-hydrogen) atoms. The first-order chi connectivity index (χ1) is 15.9. The Balaban J connectivity index is 1.72. The van der Waals surface area contributed by atoms with E-state index in [1.807, 2.05) is 36.4 Å². The Kier molecular flexibility index (Phi) is 6.22. The average Bonchev–Trinajstić information content (AvgIpc) is 2.82. The highest BCUT2D eigenvalue weighted by Gasteiger charge is 2.40. The van der Waals surface area contributed by atoms with Gasteiger partial charge in [0.1, 0.15) is 23.7 Å². The van der Waals surface area contributed by atoms with Crippen LogP contribution in [0.1, 0.15) is 11.3 Å². The van der Waals surface area contributed by atoms with Crippen molar-refractivity contribution in [2.45, 2.75) is 6.18 Å². The van der Waals surface area contributed by atoms with E-state index in [4.69, 9.17) is 13.9 Å². The molecule has 0 radical (unpaired) electrons. The van der Waals surface area contributed by atoms with Crippen molar-refractivity contribution in [1.29, 1.82) is 0 Å². The molecule has 3 aromatic carbocycles. The van der Waals surface area contributed by atoms with Crippen LogP contribution in [0.4, 0.5) is 13.2 Å². The molecule has 0 atom stereocenters. The highest BCUT2D eigenvalue weighted by atomic mass is 19.4. The molecule has 0 aliphatic rings. The molecule has 0 fully saturated rings. The zero-order valence-corrected chi connectivity index (χ0v) is 17.6. The predicted octanol–water partition coefficient (Wildman–Crippen LogP) is 6.58. The summed E-state index contributed by atoms with van der Waals surface area (Å²) >= 11 is 0. The van der Waals surface area contributed by atoms with Gasteiger partial charge in [0.25, 0.3) is 0 Å². The molecule has 4 aromatic rings. The van der Waals surface area contributed by atoms with Crippen molar-refractivity contribution in [2.24, 2.45) is 0 Å². The van der Waals surface area contributed by atoms with Gasteiger partial charge in [0, 0.05) is 11.6 Å². The monoisotopic (exact) mass is 452 g/mol. The number of alkyl halides is 3. The molecule has 168 valence electrons. The molecular weight excluding hydrogens is 433 g/mol. The largest absolute Gasteiger partial charge is 0.496 e. The van der Waals surface area contributed by atoms with E-state index in [0.717, 1.165) is 5.56 Å². The summed E-state index contributed by atoms with van der Waals surface area (Å²) in [6.07, 6.45) is -1.25. The lowest BCUT2D eigenvalue weighted by atomic mass is 10.0. The third-order valence-corrected chi connectivity index (χ3v) is 4.95. The van der Waals surface area contributed by atoms with Crippen LogP contribution in [0.25, 0.3) is 28.2 Å². The van der Waals surface area contributed by atoms with E-state index in [9.17, 15) is 18.0 Å². The molecule has 0 amide bonds. The molecule has 0 bridgehead atoms. The summed E-state index contributed by atoms with van der Waals surface area (Å²) in [6, 6.07) is 19.8. The lowest BCUT2D eigenvalue weighted by molar-refractivity contribution is -0.152. The zero-order chi connectivity index (χ0) is 23.4. The van der Waals surface area contributed by atoms with Gasteiger partial charge in [0.15, 0.2) is 0 Å². The fourth-order valence-corrected chi connectivity index (χ4v) is 3.45. The number of methoxy groups -OCH3 is 1. The van der Waals surface area contributed by atoms with E-state index >= 15 is 0 Å². The number of ether oxygens (including phenoxy) is 2. The van der Waals surface area contributed by atoms with E-state index < -0.39 is 22.9 Å². The van der Waals surface area contributed by atoms with Crippen LogP contribution < -0.4 is 14.9 Å². The second-order valence-corrected chi connectivity index (χ2v) is 7.12. The second-order valence-electron chi connectivity index (χ2n) is 7.12. The molecule has 4 rings (SSSR count). The van der Waals surface area contributed by atoms with Gasteiger partial charge in [0.2, 0.25) is 11.2 Å². The fraction of sp³-hybridized carbons (Fsp3) is 0.115. The van der Waals surface area contributed by atoms with Gasteiger partial charge in [-0.25, -0.2) is 0 Å². The Bertz CT molecular complexity index is 1360. The molecule has 0 N–H and O–H groups in total. The highest BCUT2D eigenvalue weighted by Crippen LogP contribution is 2.40. The lowest BCUT2D eigenvalue weighted by Gasteiger charge is -2.15. The summed E-state index contributed by atoms with van der Waals surface area (Å²) in [5.74, 6) is -0.966. The van der Waals surface area contributed by atoms with Crippen LogP contribution in [-0.4, -0.2) is 13.7 Å². The van der Waals surface area contributed by atoms with Crippen LogP contribution in [0.15, 0.2) is 88.1 Å². The van der Waals surface area contributed by atoms with Crippen molar-refractivity contribution in [3.8, 4) is 22.6 Å². The third-order valence-electron chi connectivity index (χ3n) is 4.95. The molecule has 0 saturated heterocycles. The van der Waals surface area contributed by atoms with E-state index in [-0.39, 0.29) is 34.6 Å². The van der Waals surface area contributed by atoms with Gasteiger partial charge in [-0.1, -0.05) is 54.6 Å². The number of fused-ring (bicyclic) bond motifs is 1. The van der Waals surface area contributed by atoms with Crippen LogP contribution in [0.3, 0.4) is 0 Å². The summed E-state index contributed by atoms with van der Waals surface area (Å²) in [4.78, 5) is 13.1. The van der Waals surface area contributed by atoms with Gasteiger partial charge >= 0.3 is 6.18 Å². The molecular formula is C26H19F3O4. The summed E-state index contributed by atoms with van der Waals surface area (Å²) in [5.41, 5.74) is -0.607. The summed E-state index contributed by atoms with van der Waals surface area (Å²) in [5, 5.41) is 0.0103. The average molecular weight is 452 g/mol. The molecule has 1 heterocycles. The van der Waals surface area contributed by atoms with Crippen LogP contribution in [0, 0.1) is 0 Å². The van der Waals surface area contributed by atoms with Crippen LogP contribution in [0.5, 0.6) is 11.5 Å². The third kappa shape index (κ3) is 4.77. The quantitative estimate of drug-likeness (QED) is 0.332. The zero-order valence-electron chi connectivity index (χ0n) is 17.6. The molecule has 4 nitrogen and oxygen atoms in total. The maximum atomic E-state index is 13.9. The van der Waals surface area contributed by atoms with Crippen molar-refractivity contribution in [3.05, 3.63) is 100 Å². The molecule has 0 unspecified atom stereocenters. The standard InChI is InChI=1S/C26H19F3O4/c1-31-21-12-6-5-11-19(21)23-24(30)20-14-13-18(16-22(20)33-25(23)26(27,28)29)32-15-7-10-17-8-3-2-4-9-17/h2-14,16H,15H2,1H3/b10-7+. The number of rotatable bonds is 6. The first-order valence-electron chi connectivity index (χ1n) is 10.0. The highest BCUT2D eigenvalue weighted by molar-refractivity contribution is 5.85. The number of hydrogen-bond donors (Lipinski definition) is 0. The molecule has 0 aliphatic heterocycles. The summed E-state index contributed by atoms with van der Waals surface area (Å²) in [6.45, 7) is 0.191. The summed E-state index contributed by atoms with van der Waals surface area (Å²) < 4.78 is 57.6. The van der Waals surface area contributed by atoms with E-state index in [1.165, 1.54) is 43.5 Å². The minimum atomic E-state index is -4.89. The topological polar surface area (TPSA) is 48.7 Å². The van der Waals surface area contributed by atoms with Crippen molar-refractivity contribution in [1.82, 2.24) is 0 Å². The van der Waals surface area contributed by atoms with Crippen LogP contribution in [-0.2, 0) is 6.18 Å². The Hall–Kier alpha value is -4.00. The molecule has 0 aliphatic carbocycles. The fourth-order valence-electron chi connectivity index (χ4n) is 3.45. The molecule has 7 heteroatoms. The maximum absolute atomic E-state index is 13.9. The van der Waals surface area contributed by atoms with Crippen molar-refractivity contribution in [3.63, 3.8) is 0 Å². The van der Waals surface area contributed by atoms with E-state index in [0.29, 0.717) is 0 Å². The Labute approximate surface area is 187 Å². The number of benzene rings is 3. The number of halogens is 3. The smallest absolute Gasteiger partial charge is 0.450 e. The Morgan fingerprint density at radius 2 is 1.70 bits per heavy atom. The van der Waals surface area contributed by atoms with Gasteiger partial charge in [-0.2, -0.15) is 13.2 Å². The van der Waals surface area contributed by atoms with Gasteiger partial charge in [0.05, 0.1) is 18.1 Å². The normalized spacial score (nSPS) is 11.8. The molecule has 1 aromatic heterocycles. The van der Waals surface area contributed by atoms with Gasteiger partial charge in [-0.15, -0.1) is 0 Å². The van der Waals surface area contributed by atoms with E-state index in [2.05, 4.69) is 0 Å². The van der Waals surface area contributed by atoms with Gasteiger partial charge in [-0.3, -0.25) is 4.79 Å². The predicted molar refractivity (Wildman–Crippen MR) is 120 cm³/mol. The number of para-hydroxylation sites is 1. The van der Waals surface area contributed by atoms with Crippen LogP contribution in [0.2, 0.25) is 0 Å². The minimum absolute atomic E-state index is 0.00866. The SMILES string of the molecule is COc1ccccc1-c1c(C(F)(F)F)oc2cc(OC/C=C/c3ccccc3)ccc2c1=O. The molecule has 0 saturated carbocycles. The first kappa shape index (κ1) is 22.2. The lowest BCUT2D eigenvalue weighted by Crippen LogP contribution is -2.16. The number of hydrogen-bond acceptors (Lipinski definition) is 4. The molecule has 0 spiro atoms. The van der Waals surface area contributed by atoms with Gasteiger partial charge < -0.3 is 13.9 Å². The maximum Gasteiger partial charge on any atom is 0.450 e. The van der Waals surface area contributed by atoms with Gasteiger partial charge in [-0.05, 0) is 29.8 Å². The minimum Gasteiger partial charge on any atom is -0.496 e.